The van der Waals surface area contributed by atoms with E-state index >= 15 is 0 Å². The van der Waals surface area contributed by atoms with Crippen LogP contribution >= 0.6 is 11.3 Å². The minimum atomic E-state index is 0.527. The van der Waals surface area contributed by atoms with Crippen LogP contribution in [-0.4, -0.2) is 4.98 Å². The molecule has 4 heteroatoms. The molecule has 2 rings (SSSR count). The van der Waals surface area contributed by atoms with Gasteiger partial charge in [0.25, 0.3) is 0 Å². The Balaban J connectivity index is 2.17. The fourth-order valence-electron chi connectivity index (χ4n) is 1.86. The first-order valence-corrected chi connectivity index (χ1v) is 6.47. The monoisotopic (exact) mass is 258 g/mol. The van der Waals surface area contributed by atoms with Crippen LogP contribution in [0.1, 0.15) is 26.6 Å². The summed E-state index contributed by atoms with van der Waals surface area (Å²) in [7, 11) is 0. The minimum absolute atomic E-state index is 0.527. The van der Waals surface area contributed by atoms with Crippen LogP contribution in [0.2, 0.25) is 0 Å². The summed E-state index contributed by atoms with van der Waals surface area (Å²) in [4.78, 5) is 5.30. The Kier molecular flexibility index (Phi) is 3.63. The molecule has 2 aromatic rings. The molecule has 0 spiro atoms. The van der Waals surface area contributed by atoms with Crippen molar-refractivity contribution in [3.05, 3.63) is 44.9 Å². The third kappa shape index (κ3) is 2.69. The van der Waals surface area contributed by atoms with Gasteiger partial charge in [0.15, 0.2) is 0 Å². The van der Waals surface area contributed by atoms with Gasteiger partial charge < -0.3 is 4.74 Å². The molecule has 0 bridgehead atoms. The molecule has 0 unspecified atom stereocenters. The second-order valence-corrected chi connectivity index (χ2v) is 5.50. The standard InChI is InChI=1S/C14H14N2OS/c1-9-4-12(6-15)5-10(2)14(9)17-8-13-7-16-11(3)18-13/h4-5,7H,8H2,1-3H3. The largest absolute Gasteiger partial charge is 0.487 e. The van der Waals surface area contributed by atoms with Crippen LogP contribution < -0.4 is 4.74 Å². The number of hydrogen-bond acceptors (Lipinski definition) is 4. The molecule has 0 N–H and O–H groups in total. The lowest BCUT2D eigenvalue weighted by Gasteiger charge is -2.11. The second kappa shape index (κ2) is 5.19. The average Bonchev–Trinajstić information content (AvgIpc) is 2.73. The van der Waals surface area contributed by atoms with Crippen molar-refractivity contribution in [1.82, 2.24) is 4.98 Å². The number of hydrogen-bond donors (Lipinski definition) is 0. The molecular weight excluding hydrogens is 244 g/mol. The summed E-state index contributed by atoms with van der Waals surface area (Å²) in [6.45, 7) is 6.42. The normalized spacial score (nSPS) is 10.1. The predicted octanol–water partition coefficient (Wildman–Crippen LogP) is 3.52. The van der Waals surface area contributed by atoms with Crippen molar-refractivity contribution in [2.45, 2.75) is 27.4 Å². The first-order chi connectivity index (χ1) is 8.60. The zero-order chi connectivity index (χ0) is 13.1. The molecule has 0 amide bonds. The summed E-state index contributed by atoms with van der Waals surface area (Å²) in [5, 5.41) is 9.93. The summed E-state index contributed by atoms with van der Waals surface area (Å²) in [5.74, 6) is 0.861. The molecule has 0 saturated heterocycles. The van der Waals surface area contributed by atoms with Gasteiger partial charge in [-0.05, 0) is 44.0 Å². The van der Waals surface area contributed by atoms with E-state index in [1.807, 2.05) is 39.1 Å². The Labute approximate surface area is 111 Å². The quantitative estimate of drug-likeness (QED) is 0.846. The van der Waals surface area contributed by atoms with Gasteiger partial charge in [0.1, 0.15) is 12.4 Å². The van der Waals surface area contributed by atoms with Gasteiger partial charge in [0, 0.05) is 6.20 Å². The van der Waals surface area contributed by atoms with Crippen molar-refractivity contribution in [3.63, 3.8) is 0 Å². The molecule has 3 nitrogen and oxygen atoms in total. The minimum Gasteiger partial charge on any atom is -0.487 e. The van der Waals surface area contributed by atoms with E-state index in [0.717, 1.165) is 26.8 Å². The van der Waals surface area contributed by atoms with Crippen molar-refractivity contribution in [3.8, 4) is 11.8 Å². The molecule has 0 aliphatic rings. The van der Waals surface area contributed by atoms with Crippen LogP contribution in [0.3, 0.4) is 0 Å². The lowest BCUT2D eigenvalue weighted by Crippen LogP contribution is -1.98. The highest BCUT2D eigenvalue weighted by Gasteiger charge is 2.07. The van der Waals surface area contributed by atoms with E-state index in [1.54, 1.807) is 11.3 Å². The van der Waals surface area contributed by atoms with E-state index in [0.29, 0.717) is 12.2 Å². The predicted molar refractivity (Wildman–Crippen MR) is 71.8 cm³/mol. The van der Waals surface area contributed by atoms with Crippen molar-refractivity contribution in [2.24, 2.45) is 0 Å². The lowest BCUT2D eigenvalue weighted by molar-refractivity contribution is 0.305. The van der Waals surface area contributed by atoms with Gasteiger partial charge >= 0.3 is 0 Å². The van der Waals surface area contributed by atoms with Gasteiger partial charge in [0.2, 0.25) is 0 Å². The summed E-state index contributed by atoms with van der Waals surface area (Å²) < 4.78 is 5.83. The number of rotatable bonds is 3. The number of thiazole rings is 1. The van der Waals surface area contributed by atoms with Crippen LogP contribution in [0.4, 0.5) is 0 Å². The molecule has 0 aliphatic heterocycles. The molecule has 0 atom stereocenters. The van der Waals surface area contributed by atoms with Gasteiger partial charge in [-0.3, -0.25) is 0 Å². The SMILES string of the molecule is Cc1ncc(COc2c(C)cc(C#N)cc2C)s1. The fourth-order valence-corrected chi connectivity index (χ4v) is 2.57. The number of benzene rings is 1. The number of nitriles is 1. The zero-order valence-corrected chi connectivity index (χ0v) is 11.5. The van der Waals surface area contributed by atoms with Gasteiger partial charge in [0.05, 0.1) is 21.5 Å². The van der Waals surface area contributed by atoms with Crippen molar-refractivity contribution in [2.75, 3.05) is 0 Å². The van der Waals surface area contributed by atoms with Gasteiger partial charge in [-0.2, -0.15) is 5.26 Å². The Morgan fingerprint density at radius 3 is 2.44 bits per heavy atom. The summed E-state index contributed by atoms with van der Waals surface area (Å²) in [6, 6.07) is 5.84. The fraction of sp³-hybridized carbons (Fsp3) is 0.286. The molecule has 0 saturated carbocycles. The number of nitrogens with zero attached hydrogens (tertiary/aromatic N) is 2. The van der Waals surface area contributed by atoms with Crippen LogP contribution in [0.5, 0.6) is 5.75 Å². The second-order valence-electron chi connectivity index (χ2n) is 4.19. The number of ether oxygens (including phenoxy) is 1. The smallest absolute Gasteiger partial charge is 0.125 e. The number of aromatic nitrogens is 1. The summed E-state index contributed by atoms with van der Waals surface area (Å²) in [6.07, 6.45) is 1.84. The molecule has 0 aliphatic carbocycles. The molecule has 1 aromatic heterocycles. The molecule has 18 heavy (non-hydrogen) atoms. The highest BCUT2D eigenvalue weighted by atomic mass is 32.1. The Hall–Kier alpha value is -1.86. The third-order valence-electron chi connectivity index (χ3n) is 2.62. The Bertz CT molecular complexity index is 587. The molecule has 0 fully saturated rings. The highest BCUT2D eigenvalue weighted by Crippen LogP contribution is 2.26. The average molecular weight is 258 g/mol. The zero-order valence-electron chi connectivity index (χ0n) is 10.7. The Morgan fingerprint density at radius 2 is 1.94 bits per heavy atom. The van der Waals surface area contributed by atoms with Crippen LogP contribution in [0.25, 0.3) is 0 Å². The van der Waals surface area contributed by atoms with Crippen LogP contribution in [0, 0.1) is 32.1 Å². The van der Waals surface area contributed by atoms with E-state index in [9.17, 15) is 0 Å². The topological polar surface area (TPSA) is 45.9 Å². The van der Waals surface area contributed by atoms with E-state index < -0.39 is 0 Å². The maximum atomic E-state index is 8.89. The van der Waals surface area contributed by atoms with Gasteiger partial charge in [-0.25, -0.2) is 4.98 Å². The van der Waals surface area contributed by atoms with E-state index in [2.05, 4.69) is 11.1 Å². The lowest BCUT2D eigenvalue weighted by atomic mass is 10.1. The number of aryl methyl sites for hydroxylation is 3. The molecule has 92 valence electrons. The van der Waals surface area contributed by atoms with E-state index in [4.69, 9.17) is 10.00 Å². The van der Waals surface area contributed by atoms with Gasteiger partial charge in [-0.15, -0.1) is 11.3 Å². The third-order valence-corrected chi connectivity index (χ3v) is 3.50. The van der Waals surface area contributed by atoms with Gasteiger partial charge in [-0.1, -0.05) is 0 Å². The first-order valence-electron chi connectivity index (χ1n) is 5.65. The highest BCUT2D eigenvalue weighted by molar-refractivity contribution is 7.11. The Morgan fingerprint density at radius 1 is 1.28 bits per heavy atom. The molecule has 0 radical (unpaired) electrons. The van der Waals surface area contributed by atoms with Crippen molar-refractivity contribution < 1.29 is 4.74 Å². The van der Waals surface area contributed by atoms with Crippen molar-refractivity contribution in [1.29, 1.82) is 5.26 Å². The maximum Gasteiger partial charge on any atom is 0.125 e. The summed E-state index contributed by atoms with van der Waals surface area (Å²) >= 11 is 1.64. The summed E-state index contributed by atoms with van der Waals surface area (Å²) in [5.41, 5.74) is 2.66. The first kappa shape index (κ1) is 12.6. The molecule has 1 aromatic carbocycles. The maximum absolute atomic E-state index is 8.89. The molecular formula is C14H14N2OS. The van der Waals surface area contributed by atoms with Crippen LogP contribution in [-0.2, 0) is 6.61 Å². The van der Waals surface area contributed by atoms with Crippen molar-refractivity contribution >= 4 is 11.3 Å². The molecule has 1 heterocycles. The van der Waals surface area contributed by atoms with Crippen LogP contribution in [0.15, 0.2) is 18.3 Å². The van der Waals surface area contributed by atoms with E-state index in [1.165, 1.54) is 0 Å². The van der Waals surface area contributed by atoms with E-state index in [-0.39, 0.29) is 0 Å².